The van der Waals surface area contributed by atoms with Gasteiger partial charge in [0, 0.05) is 57.2 Å². The summed E-state index contributed by atoms with van der Waals surface area (Å²) in [5.41, 5.74) is 2.32. The predicted octanol–water partition coefficient (Wildman–Crippen LogP) is 0.877. The summed E-state index contributed by atoms with van der Waals surface area (Å²) in [4.78, 5) is 40.1. The van der Waals surface area contributed by atoms with Crippen LogP contribution in [0.3, 0.4) is 0 Å². The van der Waals surface area contributed by atoms with Crippen LogP contribution in [0.4, 0.5) is 8.78 Å². The van der Waals surface area contributed by atoms with Crippen LogP contribution in [0.2, 0.25) is 0 Å². The maximum absolute atomic E-state index is 13.0. The number of nitrogens with one attached hydrogen (secondary N) is 2. The van der Waals surface area contributed by atoms with Gasteiger partial charge in [0.05, 0.1) is 0 Å². The van der Waals surface area contributed by atoms with Crippen LogP contribution in [0.25, 0.3) is 0 Å². The molecule has 0 saturated carbocycles. The average molecular weight is 406 g/mol. The Morgan fingerprint density at radius 1 is 1.21 bits per heavy atom. The topological polar surface area (TPSA) is 81.8 Å². The van der Waals surface area contributed by atoms with Crippen molar-refractivity contribution in [2.45, 2.75) is 50.9 Å². The third-order valence-electron chi connectivity index (χ3n) is 5.97. The van der Waals surface area contributed by atoms with Crippen LogP contribution in [-0.4, -0.2) is 65.7 Å². The van der Waals surface area contributed by atoms with Crippen LogP contribution in [0.5, 0.6) is 0 Å². The quantitative estimate of drug-likeness (QED) is 0.710. The molecule has 0 aliphatic carbocycles. The first-order valence-corrected chi connectivity index (χ1v) is 9.92. The molecule has 1 aromatic carbocycles. The largest absolute Gasteiger partial charge is 0.322 e. The maximum Gasteiger partial charge on any atom is 0.255 e. The zero-order valence-electron chi connectivity index (χ0n) is 16.0. The van der Waals surface area contributed by atoms with Crippen LogP contribution in [-0.2, 0) is 22.7 Å². The average Bonchev–Trinajstić information content (AvgIpc) is 3.01. The molecule has 0 spiro atoms. The second-order valence-electron chi connectivity index (χ2n) is 7.80. The number of hydrogen-bond donors (Lipinski definition) is 2. The van der Waals surface area contributed by atoms with E-state index in [0.29, 0.717) is 38.2 Å². The van der Waals surface area contributed by atoms with Gasteiger partial charge in [0.2, 0.25) is 18.2 Å². The molecule has 1 aromatic rings. The number of carbonyl (C=O) groups is 3. The Morgan fingerprint density at radius 2 is 2.03 bits per heavy atom. The van der Waals surface area contributed by atoms with Gasteiger partial charge in [0.15, 0.2) is 0 Å². The number of piperidine rings is 1. The van der Waals surface area contributed by atoms with Crippen molar-refractivity contribution in [1.82, 2.24) is 20.4 Å². The highest BCUT2D eigenvalue weighted by atomic mass is 19.3. The third-order valence-corrected chi connectivity index (χ3v) is 5.97. The van der Waals surface area contributed by atoms with E-state index in [-0.39, 0.29) is 30.7 Å². The molecule has 3 heterocycles. The van der Waals surface area contributed by atoms with Crippen LogP contribution in [0, 0.1) is 0 Å². The molecular weight excluding hydrogens is 382 g/mol. The number of amides is 3. The Kier molecular flexibility index (Phi) is 5.60. The van der Waals surface area contributed by atoms with E-state index < -0.39 is 18.4 Å². The molecule has 2 atom stereocenters. The molecule has 2 unspecified atom stereocenters. The lowest BCUT2D eigenvalue weighted by molar-refractivity contribution is -0.136. The summed E-state index contributed by atoms with van der Waals surface area (Å²) in [6.07, 6.45) is -2.04. The molecule has 3 aliphatic heterocycles. The Morgan fingerprint density at radius 3 is 2.79 bits per heavy atom. The van der Waals surface area contributed by atoms with Crippen LogP contribution in [0.1, 0.15) is 40.7 Å². The van der Waals surface area contributed by atoms with E-state index in [0.717, 1.165) is 17.7 Å². The fourth-order valence-corrected chi connectivity index (χ4v) is 4.47. The van der Waals surface area contributed by atoms with Crippen LogP contribution >= 0.6 is 0 Å². The number of hydrogen-bond acceptors (Lipinski definition) is 5. The number of halogens is 2. The number of imide groups is 1. The lowest BCUT2D eigenvalue weighted by atomic mass is 10.0. The Hall–Kier alpha value is -2.39. The first-order chi connectivity index (χ1) is 13.9. The molecule has 2 saturated heterocycles. The van der Waals surface area contributed by atoms with Crippen LogP contribution in [0.15, 0.2) is 18.2 Å². The lowest BCUT2D eigenvalue weighted by Crippen LogP contribution is -2.52. The van der Waals surface area contributed by atoms with Crippen molar-refractivity contribution in [3.8, 4) is 0 Å². The van der Waals surface area contributed by atoms with Gasteiger partial charge in [-0.3, -0.25) is 24.6 Å². The highest BCUT2D eigenvalue weighted by Gasteiger charge is 2.40. The molecule has 156 valence electrons. The van der Waals surface area contributed by atoms with E-state index in [1.54, 1.807) is 12.1 Å². The molecule has 29 heavy (non-hydrogen) atoms. The fourth-order valence-electron chi connectivity index (χ4n) is 4.47. The second kappa shape index (κ2) is 8.16. The number of rotatable bonds is 5. The van der Waals surface area contributed by atoms with E-state index >= 15 is 0 Å². The number of nitrogens with zero attached hydrogens (tertiary/aromatic N) is 2. The summed E-state index contributed by atoms with van der Waals surface area (Å²) >= 11 is 0. The normalized spacial score (nSPS) is 25.5. The number of benzene rings is 1. The molecule has 3 amide bonds. The van der Waals surface area contributed by atoms with Crippen molar-refractivity contribution in [1.29, 1.82) is 0 Å². The molecular formula is C20H24F2N4O3. The molecule has 0 aromatic heterocycles. The molecule has 2 N–H and O–H groups in total. The summed E-state index contributed by atoms with van der Waals surface area (Å²) in [6, 6.07) is 4.53. The lowest BCUT2D eigenvalue weighted by Gasteiger charge is -2.36. The van der Waals surface area contributed by atoms with Crippen molar-refractivity contribution in [2.24, 2.45) is 0 Å². The standard InChI is InChI=1S/C20H24F2N4O3/c21-17(22)8-13-9-23-6-7-25(13)10-12-2-1-3-14-15(12)11-26(20(14)29)16-4-5-18(27)24-19(16)28/h1-3,13,16-17,23H,4-11H2,(H,24,27,28). The van der Waals surface area contributed by atoms with Gasteiger partial charge in [-0.25, -0.2) is 8.78 Å². The van der Waals surface area contributed by atoms with Gasteiger partial charge >= 0.3 is 0 Å². The van der Waals surface area contributed by atoms with Crippen molar-refractivity contribution in [3.63, 3.8) is 0 Å². The fraction of sp³-hybridized carbons (Fsp3) is 0.550. The van der Waals surface area contributed by atoms with Gasteiger partial charge in [-0.15, -0.1) is 0 Å². The third kappa shape index (κ3) is 4.02. The van der Waals surface area contributed by atoms with Crippen molar-refractivity contribution < 1.29 is 23.2 Å². The van der Waals surface area contributed by atoms with E-state index in [1.165, 1.54) is 4.90 Å². The zero-order chi connectivity index (χ0) is 20.5. The highest BCUT2D eigenvalue weighted by Crippen LogP contribution is 2.31. The smallest absolute Gasteiger partial charge is 0.255 e. The summed E-state index contributed by atoms with van der Waals surface area (Å²) < 4.78 is 25.9. The Labute approximate surface area is 167 Å². The number of piperazine rings is 1. The van der Waals surface area contributed by atoms with Gasteiger partial charge in [-0.2, -0.15) is 0 Å². The monoisotopic (exact) mass is 406 g/mol. The first-order valence-electron chi connectivity index (χ1n) is 9.92. The molecule has 4 rings (SSSR count). The molecule has 3 aliphatic rings. The minimum Gasteiger partial charge on any atom is -0.322 e. The molecule has 0 bridgehead atoms. The molecule has 9 heteroatoms. The second-order valence-corrected chi connectivity index (χ2v) is 7.80. The molecule has 7 nitrogen and oxygen atoms in total. The molecule has 0 radical (unpaired) electrons. The van der Waals surface area contributed by atoms with Crippen LogP contribution < -0.4 is 10.6 Å². The zero-order valence-corrected chi connectivity index (χ0v) is 16.0. The van der Waals surface area contributed by atoms with Crippen molar-refractivity contribution in [2.75, 3.05) is 19.6 Å². The van der Waals surface area contributed by atoms with Crippen molar-refractivity contribution >= 4 is 17.7 Å². The summed E-state index contributed by atoms with van der Waals surface area (Å²) in [5, 5.41) is 5.46. The van der Waals surface area contributed by atoms with Crippen molar-refractivity contribution in [3.05, 3.63) is 34.9 Å². The number of fused-ring (bicyclic) bond motifs is 1. The SMILES string of the molecule is O=C1CCC(N2Cc3c(CN4CCNCC4CC(F)F)cccc3C2=O)C(=O)N1. The van der Waals surface area contributed by atoms with Gasteiger partial charge < -0.3 is 10.2 Å². The Bertz CT molecular complexity index is 832. The Balaban J connectivity index is 1.54. The summed E-state index contributed by atoms with van der Waals surface area (Å²) in [6.45, 7) is 2.68. The van der Waals surface area contributed by atoms with Gasteiger partial charge in [0.1, 0.15) is 6.04 Å². The summed E-state index contributed by atoms with van der Waals surface area (Å²) in [7, 11) is 0. The predicted molar refractivity (Wildman–Crippen MR) is 100 cm³/mol. The number of alkyl halides is 2. The number of carbonyl (C=O) groups excluding carboxylic acids is 3. The first kappa shape index (κ1) is 19.9. The van der Waals surface area contributed by atoms with Gasteiger partial charge in [0.25, 0.3) is 5.91 Å². The van der Waals surface area contributed by atoms with Gasteiger partial charge in [-0.05, 0) is 23.6 Å². The minimum atomic E-state index is -2.37. The van der Waals surface area contributed by atoms with E-state index in [2.05, 4.69) is 10.6 Å². The maximum atomic E-state index is 13.0. The van der Waals surface area contributed by atoms with E-state index in [4.69, 9.17) is 0 Å². The summed E-state index contributed by atoms with van der Waals surface area (Å²) in [5.74, 6) is -0.983. The van der Waals surface area contributed by atoms with E-state index in [9.17, 15) is 23.2 Å². The van der Waals surface area contributed by atoms with Gasteiger partial charge in [-0.1, -0.05) is 12.1 Å². The minimum absolute atomic E-state index is 0.191. The highest BCUT2D eigenvalue weighted by molar-refractivity contribution is 6.05. The molecule has 2 fully saturated rings. The van der Waals surface area contributed by atoms with E-state index in [1.807, 2.05) is 11.0 Å².